The quantitative estimate of drug-likeness (QED) is 0.719. The number of benzene rings is 1. The van der Waals surface area contributed by atoms with Gasteiger partial charge < -0.3 is 15.4 Å². The van der Waals surface area contributed by atoms with Gasteiger partial charge in [-0.25, -0.2) is 9.97 Å². The summed E-state index contributed by atoms with van der Waals surface area (Å²) in [5, 5.41) is 6.13. The first-order valence-electron chi connectivity index (χ1n) is 8.95. The zero-order valence-corrected chi connectivity index (χ0v) is 14.8. The average molecular weight is 360 g/mol. The molecule has 2 N–H and O–H groups in total. The van der Waals surface area contributed by atoms with Crippen molar-refractivity contribution in [3.05, 3.63) is 67.0 Å². The van der Waals surface area contributed by atoms with Gasteiger partial charge >= 0.3 is 0 Å². The van der Waals surface area contributed by atoms with Gasteiger partial charge in [0.05, 0.1) is 0 Å². The van der Waals surface area contributed by atoms with E-state index in [2.05, 4.69) is 20.6 Å². The number of ether oxygens (including phenoxy) is 1. The van der Waals surface area contributed by atoms with Crippen molar-refractivity contribution < 1.29 is 9.53 Å². The molecular formula is C21H20N4O2. The molecule has 6 nitrogen and oxygen atoms in total. The van der Waals surface area contributed by atoms with Crippen LogP contribution in [0.5, 0.6) is 0 Å². The average Bonchev–Trinajstić information content (AvgIpc) is 3.24. The normalized spacial score (nSPS) is 16.1. The fourth-order valence-corrected chi connectivity index (χ4v) is 3.02. The van der Waals surface area contributed by atoms with Crippen LogP contribution in [0.25, 0.3) is 11.1 Å². The Kier molecular flexibility index (Phi) is 5.07. The van der Waals surface area contributed by atoms with Gasteiger partial charge in [-0.3, -0.25) is 4.79 Å². The van der Waals surface area contributed by atoms with Gasteiger partial charge in [0.2, 0.25) is 0 Å². The summed E-state index contributed by atoms with van der Waals surface area (Å²) in [6, 6.07) is 17.5. The molecule has 0 bridgehead atoms. The lowest BCUT2D eigenvalue weighted by molar-refractivity contribution is -0.124. The molecule has 136 valence electrons. The molecule has 4 rings (SSSR count). The van der Waals surface area contributed by atoms with Crippen molar-refractivity contribution in [2.75, 3.05) is 17.2 Å². The number of hydrogen-bond donors (Lipinski definition) is 2. The van der Waals surface area contributed by atoms with Crippen molar-refractivity contribution in [1.29, 1.82) is 0 Å². The van der Waals surface area contributed by atoms with Gasteiger partial charge in [0.25, 0.3) is 5.91 Å². The van der Waals surface area contributed by atoms with Crippen molar-refractivity contribution in [1.82, 2.24) is 9.97 Å². The Morgan fingerprint density at radius 2 is 1.67 bits per heavy atom. The highest BCUT2D eigenvalue weighted by molar-refractivity contribution is 5.94. The molecule has 1 aliphatic rings. The maximum Gasteiger partial charge on any atom is 0.254 e. The highest BCUT2D eigenvalue weighted by Gasteiger charge is 2.23. The first kappa shape index (κ1) is 17.2. The lowest BCUT2D eigenvalue weighted by atomic mass is 10.1. The minimum atomic E-state index is -0.377. The molecule has 0 radical (unpaired) electrons. The van der Waals surface area contributed by atoms with Gasteiger partial charge in [0, 0.05) is 24.7 Å². The Morgan fingerprint density at radius 1 is 0.963 bits per heavy atom. The van der Waals surface area contributed by atoms with Crippen LogP contribution >= 0.6 is 0 Å². The predicted molar refractivity (Wildman–Crippen MR) is 105 cm³/mol. The standard InChI is InChI=1S/C21H20N4O2/c26-21(18-7-4-12-27-18)25-20-14-16(9-11-23-20)15-8-10-22-19(13-15)24-17-5-2-1-3-6-17/h1-3,5-6,8-11,13-14,18H,4,7,12H2,(H,22,24)(H,23,25,26). The Hall–Kier alpha value is -3.25. The summed E-state index contributed by atoms with van der Waals surface area (Å²) in [6.07, 6.45) is 4.74. The number of rotatable bonds is 5. The van der Waals surface area contributed by atoms with E-state index in [4.69, 9.17) is 4.74 Å². The lowest BCUT2D eigenvalue weighted by Gasteiger charge is -2.11. The van der Waals surface area contributed by atoms with E-state index in [1.165, 1.54) is 0 Å². The van der Waals surface area contributed by atoms with Crippen LogP contribution < -0.4 is 10.6 Å². The number of carbonyl (C=O) groups excluding carboxylic acids is 1. The second-order valence-corrected chi connectivity index (χ2v) is 6.34. The Bertz CT molecular complexity index is 924. The van der Waals surface area contributed by atoms with Gasteiger partial charge in [-0.05, 0) is 60.4 Å². The number of amides is 1. The topological polar surface area (TPSA) is 76.1 Å². The number of carbonyl (C=O) groups is 1. The Balaban J connectivity index is 1.51. The van der Waals surface area contributed by atoms with Crippen molar-refractivity contribution in [3.63, 3.8) is 0 Å². The third kappa shape index (κ3) is 4.30. The summed E-state index contributed by atoms with van der Waals surface area (Å²) >= 11 is 0. The molecule has 27 heavy (non-hydrogen) atoms. The molecule has 0 spiro atoms. The molecule has 1 saturated heterocycles. The van der Waals surface area contributed by atoms with Crippen LogP contribution in [0.15, 0.2) is 67.0 Å². The molecule has 1 atom stereocenters. The summed E-state index contributed by atoms with van der Waals surface area (Å²) in [4.78, 5) is 20.8. The van der Waals surface area contributed by atoms with Crippen LogP contribution in [0.1, 0.15) is 12.8 Å². The number of aromatic nitrogens is 2. The summed E-state index contributed by atoms with van der Waals surface area (Å²) in [6.45, 7) is 0.639. The summed E-state index contributed by atoms with van der Waals surface area (Å²) in [5.41, 5.74) is 2.91. The summed E-state index contributed by atoms with van der Waals surface area (Å²) in [7, 11) is 0. The smallest absolute Gasteiger partial charge is 0.254 e. The zero-order chi connectivity index (χ0) is 18.5. The first-order valence-corrected chi connectivity index (χ1v) is 8.95. The minimum absolute atomic E-state index is 0.140. The third-order valence-corrected chi connectivity index (χ3v) is 4.37. The molecule has 1 fully saturated rings. The highest BCUT2D eigenvalue weighted by Crippen LogP contribution is 2.25. The van der Waals surface area contributed by atoms with E-state index in [1.807, 2.05) is 54.6 Å². The number of para-hydroxylation sites is 1. The van der Waals surface area contributed by atoms with Gasteiger partial charge in [0.1, 0.15) is 17.7 Å². The third-order valence-electron chi connectivity index (χ3n) is 4.37. The SMILES string of the molecule is O=C(Nc1cc(-c2ccnc(Nc3ccccc3)c2)ccn1)C1CCCO1. The highest BCUT2D eigenvalue weighted by atomic mass is 16.5. The van der Waals surface area contributed by atoms with E-state index in [9.17, 15) is 4.79 Å². The van der Waals surface area contributed by atoms with E-state index < -0.39 is 0 Å². The van der Waals surface area contributed by atoms with Crippen molar-refractivity contribution in [2.24, 2.45) is 0 Å². The molecule has 3 heterocycles. The van der Waals surface area contributed by atoms with E-state index in [0.717, 1.165) is 35.5 Å². The maximum absolute atomic E-state index is 12.2. The second-order valence-electron chi connectivity index (χ2n) is 6.34. The molecule has 0 saturated carbocycles. The van der Waals surface area contributed by atoms with Crippen LogP contribution in [0.4, 0.5) is 17.3 Å². The molecule has 1 amide bonds. The van der Waals surface area contributed by atoms with Gasteiger partial charge in [-0.2, -0.15) is 0 Å². The molecule has 2 aromatic heterocycles. The first-order chi connectivity index (χ1) is 13.3. The minimum Gasteiger partial charge on any atom is -0.368 e. The van der Waals surface area contributed by atoms with E-state index in [-0.39, 0.29) is 12.0 Å². The monoisotopic (exact) mass is 360 g/mol. The van der Waals surface area contributed by atoms with Crippen LogP contribution in [0.2, 0.25) is 0 Å². The Labute approximate surface area is 157 Å². The Morgan fingerprint density at radius 3 is 2.37 bits per heavy atom. The van der Waals surface area contributed by atoms with Crippen LogP contribution in [0.3, 0.4) is 0 Å². The zero-order valence-electron chi connectivity index (χ0n) is 14.8. The van der Waals surface area contributed by atoms with Gasteiger partial charge in [-0.1, -0.05) is 18.2 Å². The lowest BCUT2D eigenvalue weighted by Crippen LogP contribution is -2.27. The van der Waals surface area contributed by atoms with Crippen LogP contribution in [-0.4, -0.2) is 28.6 Å². The van der Waals surface area contributed by atoms with E-state index in [0.29, 0.717) is 12.4 Å². The van der Waals surface area contributed by atoms with Crippen molar-refractivity contribution in [2.45, 2.75) is 18.9 Å². The number of anilines is 3. The van der Waals surface area contributed by atoms with E-state index >= 15 is 0 Å². The molecule has 6 heteroatoms. The largest absolute Gasteiger partial charge is 0.368 e. The predicted octanol–water partition coefficient (Wildman–Crippen LogP) is 4.00. The van der Waals surface area contributed by atoms with Crippen LogP contribution in [-0.2, 0) is 9.53 Å². The van der Waals surface area contributed by atoms with Gasteiger partial charge in [0.15, 0.2) is 0 Å². The number of nitrogens with one attached hydrogen (secondary N) is 2. The summed E-state index contributed by atoms with van der Waals surface area (Å²) < 4.78 is 5.42. The summed E-state index contributed by atoms with van der Waals surface area (Å²) in [5.74, 6) is 1.13. The van der Waals surface area contributed by atoms with Crippen molar-refractivity contribution in [3.8, 4) is 11.1 Å². The molecule has 0 aliphatic carbocycles. The number of nitrogens with zero attached hydrogens (tertiary/aromatic N) is 2. The second kappa shape index (κ2) is 7.97. The fraction of sp³-hybridized carbons (Fsp3) is 0.190. The molecule has 1 aromatic carbocycles. The molecular weight excluding hydrogens is 340 g/mol. The van der Waals surface area contributed by atoms with Gasteiger partial charge in [-0.15, -0.1) is 0 Å². The molecule has 1 unspecified atom stereocenters. The fourth-order valence-electron chi connectivity index (χ4n) is 3.02. The van der Waals surface area contributed by atoms with Crippen molar-refractivity contribution >= 4 is 23.2 Å². The molecule has 3 aromatic rings. The maximum atomic E-state index is 12.2. The van der Waals surface area contributed by atoms with Crippen LogP contribution in [0, 0.1) is 0 Å². The number of hydrogen-bond acceptors (Lipinski definition) is 5. The number of pyridine rings is 2. The molecule has 1 aliphatic heterocycles. The van der Waals surface area contributed by atoms with E-state index in [1.54, 1.807) is 12.4 Å².